The third kappa shape index (κ3) is 2.82. The molecule has 0 aliphatic rings. The van der Waals surface area contributed by atoms with E-state index >= 15 is 0 Å². The molecule has 1 aromatic carbocycles. The van der Waals surface area contributed by atoms with Gasteiger partial charge in [-0.3, -0.25) is 0 Å². The van der Waals surface area contributed by atoms with Gasteiger partial charge in [0.2, 0.25) is 0 Å². The first-order valence-electron chi connectivity index (χ1n) is 4.59. The van der Waals surface area contributed by atoms with Gasteiger partial charge in [0.05, 0.1) is 5.56 Å². The van der Waals surface area contributed by atoms with Crippen LogP contribution in [0.15, 0.2) is 30.9 Å². The molecule has 2 N–H and O–H groups in total. The molecular weight excluding hydrogens is 222 g/mol. The van der Waals surface area contributed by atoms with Gasteiger partial charge in [-0.2, -0.15) is 13.2 Å². The van der Waals surface area contributed by atoms with Gasteiger partial charge in [-0.25, -0.2) is 4.39 Å². The lowest BCUT2D eigenvalue weighted by Crippen LogP contribution is -2.13. The van der Waals surface area contributed by atoms with Crippen molar-refractivity contribution < 1.29 is 17.6 Å². The zero-order valence-corrected chi connectivity index (χ0v) is 8.39. The van der Waals surface area contributed by atoms with Gasteiger partial charge in [0.1, 0.15) is 5.82 Å². The minimum atomic E-state index is -4.54. The number of halogens is 4. The van der Waals surface area contributed by atoms with Gasteiger partial charge < -0.3 is 5.73 Å². The van der Waals surface area contributed by atoms with Crippen LogP contribution in [0.1, 0.15) is 23.6 Å². The summed E-state index contributed by atoms with van der Waals surface area (Å²) in [6, 6.07) is 1.67. The van der Waals surface area contributed by atoms with E-state index in [1.807, 2.05) is 0 Å². The van der Waals surface area contributed by atoms with Crippen molar-refractivity contribution >= 4 is 0 Å². The molecule has 0 spiro atoms. The summed E-state index contributed by atoms with van der Waals surface area (Å²) in [5, 5.41) is 0. The molecule has 0 aliphatic heterocycles. The molecule has 0 aromatic heterocycles. The minimum absolute atomic E-state index is 0.0629. The first-order chi connectivity index (χ1) is 7.36. The molecule has 0 aliphatic carbocycles. The van der Waals surface area contributed by atoms with Crippen LogP contribution in [-0.4, -0.2) is 0 Å². The van der Waals surface area contributed by atoms with E-state index in [-0.39, 0.29) is 5.56 Å². The topological polar surface area (TPSA) is 26.0 Å². The highest BCUT2D eigenvalue weighted by atomic mass is 19.4. The van der Waals surface area contributed by atoms with E-state index in [0.717, 1.165) is 12.1 Å². The molecule has 0 heterocycles. The number of rotatable bonds is 3. The van der Waals surface area contributed by atoms with Crippen molar-refractivity contribution in [3.8, 4) is 0 Å². The molecule has 0 saturated carbocycles. The molecule has 0 fully saturated rings. The van der Waals surface area contributed by atoms with E-state index in [4.69, 9.17) is 5.73 Å². The second-order valence-corrected chi connectivity index (χ2v) is 3.36. The Hall–Kier alpha value is -1.36. The standard InChI is InChI=1S/C11H11F4N/c1-2-3-10(16)8-5-4-7(6-9(8)12)11(13,14)15/h2,4-6,10H,1,3,16H2/t10-/m0/s1. The molecule has 1 nitrogen and oxygen atoms in total. The highest BCUT2D eigenvalue weighted by Crippen LogP contribution is 2.31. The van der Waals surface area contributed by atoms with E-state index in [0.29, 0.717) is 12.5 Å². The van der Waals surface area contributed by atoms with Gasteiger partial charge in [-0.05, 0) is 18.6 Å². The maximum absolute atomic E-state index is 13.3. The van der Waals surface area contributed by atoms with Gasteiger partial charge >= 0.3 is 6.18 Å². The quantitative estimate of drug-likeness (QED) is 0.628. The third-order valence-electron chi connectivity index (χ3n) is 2.15. The fourth-order valence-corrected chi connectivity index (χ4v) is 1.31. The fourth-order valence-electron chi connectivity index (χ4n) is 1.31. The smallest absolute Gasteiger partial charge is 0.324 e. The molecule has 0 radical (unpaired) electrons. The number of hydrogen-bond donors (Lipinski definition) is 1. The van der Waals surface area contributed by atoms with Crippen LogP contribution in [0.3, 0.4) is 0 Å². The Kier molecular flexibility index (Phi) is 3.70. The molecule has 0 amide bonds. The van der Waals surface area contributed by atoms with Crippen molar-refractivity contribution in [3.63, 3.8) is 0 Å². The van der Waals surface area contributed by atoms with Gasteiger partial charge in [0, 0.05) is 11.6 Å². The van der Waals surface area contributed by atoms with Gasteiger partial charge in [0.25, 0.3) is 0 Å². The van der Waals surface area contributed by atoms with E-state index in [1.165, 1.54) is 6.08 Å². The normalized spacial score (nSPS) is 13.6. The molecular formula is C11H11F4N. The van der Waals surface area contributed by atoms with Crippen molar-refractivity contribution in [2.24, 2.45) is 5.73 Å². The molecule has 5 heteroatoms. The van der Waals surface area contributed by atoms with E-state index in [2.05, 4.69) is 6.58 Å². The van der Waals surface area contributed by atoms with Crippen LogP contribution in [0.25, 0.3) is 0 Å². The van der Waals surface area contributed by atoms with Crippen LogP contribution < -0.4 is 5.73 Å². The lowest BCUT2D eigenvalue weighted by atomic mass is 10.0. The molecule has 1 rings (SSSR count). The van der Waals surface area contributed by atoms with Crippen molar-refractivity contribution in [3.05, 3.63) is 47.8 Å². The number of benzene rings is 1. The highest BCUT2D eigenvalue weighted by molar-refractivity contribution is 5.28. The zero-order chi connectivity index (χ0) is 12.3. The lowest BCUT2D eigenvalue weighted by molar-refractivity contribution is -0.137. The van der Waals surface area contributed by atoms with Crippen molar-refractivity contribution in [1.29, 1.82) is 0 Å². The maximum atomic E-state index is 13.3. The Morgan fingerprint density at radius 2 is 2.00 bits per heavy atom. The molecule has 0 bridgehead atoms. The summed E-state index contributed by atoms with van der Waals surface area (Å²) in [7, 11) is 0. The number of hydrogen-bond acceptors (Lipinski definition) is 1. The van der Waals surface area contributed by atoms with E-state index in [9.17, 15) is 17.6 Å². The third-order valence-corrected chi connectivity index (χ3v) is 2.15. The minimum Gasteiger partial charge on any atom is -0.324 e. The average Bonchev–Trinajstić information content (AvgIpc) is 2.16. The Morgan fingerprint density at radius 3 is 2.44 bits per heavy atom. The molecule has 0 unspecified atom stereocenters. The first kappa shape index (κ1) is 12.7. The largest absolute Gasteiger partial charge is 0.416 e. The van der Waals surface area contributed by atoms with Crippen LogP contribution in [0.5, 0.6) is 0 Å². The average molecular weight is 233 g/mol. The van der Waals surface area contributed by atoms with Gasteiger partial charge in [0.15, 0.2) is 0 Å². The summed E-state index contributed by atoms with van der Waals surface area (Å²) >= 11 is 0. The summed E-state index contributed by atoms with van der Waals surface area (Å²) in [6.45, 7) is 3.43. The summed E-state index contributed by atoms with van der Waals surface area (Å²) in [4.78, 5) is 0. The Morgan fingerprint density at radius 1 is 1.38 bits per heavy atom. The van der Waals surface area contributed by atoms with E-state index in [1.54, 1.807) is 0 Å². The summed E-state index contributed by atoms with van der Waals surface area (Å²) < 4.78 is 50.0. The fraction of sp³-hybridized carbons (Fsp3) is 0.273. The molecule has 1 aromatic rings. The SMILES string of the molecule is C=CC[C@H](N)c1ccc(C(F)(F)F)cc1F. The maximum Gasteiger partial charge on any atom is 0.416 e. The van der Waals surface area contributed by atoms with Crippen molar-refractivity contribution in [2.75, 3.05) is 0 Å². The Bertz CT molecular complexity index is 384. The Labute approximate surface area is 90.6 Å². The molecule has 0 saturated heterocycles. The molecule has 1 atom stereocenters. The van der Waals surface area contributed by atoms with Crippen LogP contribution in [0.2, 0.25) is 0 Å². The zero-order valence-electron chi connectivity index (χ0n) is 8.39. The number of nitrogens with two attached hydrogens (primary N) is 1. The van der Waals surface area contributed by atoms with Crippen LogP contribution in [0, 0.1) is 5.82 Å². The predicted octanol–water partition coefficient (Wildman–Crippen LogP) is 3.42. The lowest BCUT2D eigenvalue weighted by Gasteiger charge is -2.13. The summed E-state index contributed by atoms with van der Waals surface area (Å²) in [5.41, 5.74) is 4.62. The van der Waals surface area contributed by atoms with Crippen LogP contribution in [0.4, 0.5) is 17.6 Å². The second kappa shape index (κ2) is 4.65. The number of alkyl halides is 3. The predicted molar refractivity (Wildman–Crippen MR) is 53.1 cm³/mol. The monoisotopic (exact) mass is 233 g/mol. The first-order valence-corrected chi connectivity index (χ1v) is 4.59. The second-order valence-electron chi connectivity index (χ2n) is 3.36. The molecule has 16 heavy (non-hydrogen) atoms. The van der Waals surface area contributed by atoms with Gasteiger partial charge in [-0.1, -0.05) is 12.1 Å². The summed E-state index contributed by atoms with van der Waals surface area (Å²) in [6.07, 6.45) is -2.74. The van der Waals surface area contributed by atoms with Crippen molar-refractivity contribution in [2.45, 2.75) is 18.6 Å². The summed E-state index contributed by atoms with van der Waals surface area (Å²) in [5.74, 6) is -0.941. The van der Waals surface area contributed by atoms with Gasteiger partial charge in [-0.15, -0.1) is 6.58 Å². The van der Waals surface area contributed by atoms with Crippen LogP contribution in [-0.2, 0) is 6.18 Å². The van der Waals surface area contributed by atoms with Crippen molar-refractivity contribution in [1.82, 2.24) is 0 Å². The Balaban J connectivity index is 3.05. The highest BCUT2D eigenvalue weighted by Gasteiger charge is 2.31. The van der Waals surface area contributed by atoms with Crippen LogP contribution >= 0.6 is 0 Å². The molecule has 88 valence electrons. The van der Waals surface area contributed by atoms with E-state index < -0.39 is 23.6 Å².